The van der Waals surface area contributed by atoms with Crippen LogP contribution in [0.2, 0.25) is 0 Å². The van der Waals surface area contributed by atoms with Gasteiger partial charge in [-0.1, -0.05) is 0 Å². The Balaban J connectivity index is 2.52. The monoisotopic (exact) mass is 310 g/mol. The number of aliphatic imine (C=N–C) groups is 1. The van der Waals surface area contributed by atoms with Gasteiger partial charge in [0.15, 0.2) is 5.96 Å². The Bertz CT molecular complexity index is 470. The number of likely N-dealkylation sites (N-methyl/N-ethyl adjacent to an activating group) is 1. The first-order valence-corrected chi connectivity index (χ1v) is 8.23. The number of aryl methyl sites for hydroxylation is 1. The van der Waals surface area contributed by atoms with Crippen LogP contribution in [0.5, 0.6) is 0 Å². The second kappa shape index (κ2) is 9.39. The van der Waals surface area contributed by atoms with E-state index in [0.717, 1.165) is 13.0 Å². The summed E-state index contributed by atoms with van der Waals surface area (Å²) in [5, 5.41) is 9.24. The molecule has 1 atom stereocenters. The van der Waals surface area contributed by atoms with Crippen molar-refractivity contribution >= 4 is 23.2 Å². The third-order valence-electron chi connectivity index (χ3n) is 2.79. The highest BCUT2D eigenvalue weighted by Crippen LogP contribution is 2.16. The molecule has 21 heavy (non-hydrogen) atoms. The number of carbonyl (C=O) groups is 1. The van der Waals surface area contributed by atoms with Crippen molar-refractivity contribution in [3.8, 4) is 0 Å². The lowest BCUT2D eigenvalue weighted by atomic mass is 10.2. The molecule has 1 rings (SSSR count). The standard InChI is InChI=1S/C15H26N4OS/c1-5-16-14(20)10-18-15(17-6-2)19-11(3)9-13-8-7-12(4)21-13/h7-8,11H,5-6,9-10H2,1-4H3,(H,16,20)(H2,17,18,19). The van der Waals surface area contributed by atoms with E-state index in [2.05, 4.69) is 46.9 Å². The Morgan fingerprint density at radius 1 is 1.29 bits per heavy atom. The summed E-state index contributed by atoms with van der Waals surface area (Å²) in [6, 6.07) is 4.56. The van der Waals surface area contributed by atoms with E-state index in [1.165, 1.54) is 9.75 Å². The fourth-order valence-electron chi connectivity index (χ4n) is 1.90. The number of guanidine groups is 1. The van der Waals surface area contributed by atoms with Crippen molar-refractivity contribution in [1.82, 2.24) is 16.0 Å². The number of nitrogens with zero attached hydrogens (tertiary/aromatic N) is 1. The molecule has 0 aliphatic carbocycles. The number of carbonyl (C=O) groups excluding carboxylic acids is 1. The van der Waals surface area contributed by atoms with E-state index in [9.17, 15) is 4.79 Å². The summed E-state index contributed by atoms with van der Waals surface area (Å²) in [4.78, 5) is 18.4. The molecular weight excluding hydrogens is 284 g/mol. The van der Waals surface area contributed by atoms with Gasteiger partial charge in [0, 0.05) is 35.3 Å². The van der Waals surface area contributed by atoms with Gasteiger partial charge in [0.1, 0.15) is 6.54 Å². The molecule has 1 aromatic rings. The van der Waals surface area contributed by atoms with E-state index in [1.54, 1.807) is 0 Å². The fraction of sp³-hybridized carbons (Fsp3) is 0.600. The fourth-order valence-corrected chi connectivity index (χ4v) is 2.92. The normalized spacial score (nSPS) is 12.9. The minimum Gasteiger partial charge on any atom is -0.357 e. The first-order valence-electron chi connectivity index (χ1n) is 7.42. The zero-order valence-corrected chi connectivity index (χ0v) is 14.1. The van der Waals surface area contributed by atoms with Crippen LogP contribution in [0.3, 0.4) is 0 Å². The van der Waals surface area contributed by atoms with Crippen LogP contribution in [-0.4, -0.2) is 37.5 Å². The van der Waals surface area contributed by atoms with Crippen LogP contribution < -0.4 is 16.0 Å². The zero-order valence-electron chi connectivity index (χ0n) is 13.3. The van der Waals surface area contributed by atoms with Gasteiger partial charge in [0.25, 0.3) is 0 Å². The van der Waals surface area contributed by atoms with Gasteiger partial charge < -0.3 is 16.0 Å². The molecule has 0 aliphatic heterocycles. The quantitative estimate of drug-likeness (QED) is 0.530. The van der Waals surface area contributed by atoms with Gasteiger partial charge in [-0.3, -0.25) is 4.79 Å². The van der Waals surface area contributed by atoms with Crippen molar-refractivity contribution in [2.45, 2.75) is 40.2 Å². The van der Waals surface area contributed by atoms with Crippen LogP contribution in [0.4, 0.5) is 0 Å². The van der Waals surface area contributed by atoms with E-state index in [0.29, 0.717) is 12.5 Å². The molecule has 5 nitrogen and oxygen atoms in total. The molecule has 1 heterocycles. The molecule has 0 spiro atoms. The Kier molecular flexibility index (Phi) is 7.82. The Morgan fingerprint density at radius 2 is 2.00 bits per heavy atom. The van der Waals surface area contributed by atoms with E-state index < -0.39 is 0 Å². The molecule has 6 heteroatoms. The van der Waals surface area contributed by atoms with Crippen LogP contribution in [0.25, 0.3) is 0 Å². The van der Waals surface area contributed by atoms with Gasteiger partial charge in [-0.15, -0.1) is 11.3 Å². The highest BCUT2D eigenvalue weighted by Gasteiger charge is 2.08. The van der Waals surface area contributed by atoms with Crippen LogP contribution in [-0.2, 0) is 11.2 Å². The maximum absolute atomic E-state index is 11.5. The zero-order chi connectivity index (χ0) is 15.7. The summed E-state index contributed by atoms with van der Waals surface area (Å²) < 4.78 is 0. The summed E-state index contributed by atoms with van der Waals surface area (Å²) in [6.07, 6.45) is 0.948. The summed E-state index contributed by atoms with van der Waals surface area (Å²) >= 11 is 1.82. The lowest BCUT2D eigenvalue weighted by Gasteiger charge is -2.17. The van der Waals surface area contributed by atoms with E-state index >= 15 is 0 Å². The third kappa shape index (κ3) is 7.13. The number of rotatable bonds is 7. The van der Waals surface area contributed by atoms with Crippen LogP contribution in [0.1, 0.15) is 30.5 Å². The molecule has 0 fully saturated rings. The summed E-state index contributed by atoms with van der Waals surface area (Å²) in [6.45, 7) is 9.69. The van der Waals surface area contributed by atoms with Gasteiger partial charge in [-0.2, -0.15) is 0 Å². The molecule has 1 amide bonds. The van der Waals surface area contributed by atoms with Crippen molar-refractivity contribution in [3.63, 3.8) is 0 Å². The molecule has 1 unspecified atom stereocenters. The lowest BCUT2D eigenvalue weighted by molar-refractivity contribution is -0.119. The Hall–Kier alpha value is -1.56. The summed E-state index contributed by atoms with van der Waals surface area (Å²) in [5.74, 6) is 0.626. The first kappa shape index (κ1) is 17.5. The largest absolute Gasteiger partial charge is 0.357 e. The van der Waals surface area contributed by atoms with Crippen LogP contribution in [0.15, 0.2) is 17.1 Å². The average Bonchev–Trinajstić information content (AvgIpc) is 2.82. The minimum absolute atomic E-state index is 0.0590. The summed E-state index contributed by atoms with van der Waals surface area (Å²) in [5.41, 5.74) is 0. The van der Waals surface area contributed by atoms with Crippen molar-refractivity contribution in [1.29, 1.82) is 0 Å². The maximum atomic E-state index is 11.5. The Morgan fingerprint density at radius 3 is 2.57 bits per heavy atom. The van der Waals surface area contributed by atoms with Crippen molar-refractivity contribution in [3.05, 3.63) is 21.9 Å². The molecule has 118 valence electrons. The van der Waals surface area contributed by atoms with E-state index in [4.69, 9.17) is 0 Å². The Labute approximate surface area is 131 Å². The smallest absolute Gasteiger partial charge is 0.241 e. The average molecular weight is 310 g/mol. The molecule has 3 N–H and O–H groups in total. The number of hydrogen-bond acceptors (Lipinski definition) is 3. The van der Waals surface area contributed by atoms with E-state index in [-0.39, 0.29) is 18.5 Å². The molecule has 0 radical (unpaired) electrons. The van der Waals surface area contributed by atoms with Gasteiger partial charge in [0.05, 0.1) is 0 Å². The second-order valence-electron chi connectivity index (χ2n) is 4.91. The third-order valence-corrected chi connectivity index (χ3v) is 3.81. The van der Waals surface area contributed by atoms with Crippen LogP contribution in [0, 0.1) is 6.92 Å². The number of amides is 1. The van der Waals surface area contributed by atoms with Gasteiger partial charge in [-0.25, -0.2) is 4.99 Å². The van der Waals surface area contributed by atoms with Gasteiger partial charge in [0.2, 0.25) is 5.91 Å². The van der Waals surface area contributed by atoms with Gasteiger partial charge >= 0.3 is 0 Å². The second-order valence-corrected chi connectivity index (χ2v) is 6.28. The highest BCUT2D eigenvalue weighted by atomic mass is 32.1. The van der Waals surface area contributed by atoms with Crippen molar-refractivity contribution in [2.75, 3.05) is 19.6 Å². The predicted molar refractivity (Wildman–Crippen MR) is 90.0 cm³/mol. The van der Waals surface area contributed by atoms with E-state index in [1.807, 2.05) is 25.2 Å². The minimum atomic E-state index is -0.0590. The molecule has 0 aliphatic rings. The van der Waals surface area contributed by atoms with Gasteiger partial charge in [-0.05, 0) is 39.8 Å². The SMILES string of the molecule is CCNC(=O)CN=C(NCC)NC(C)Cc1ccc(C)s1. The summed E-state index contributed by atoms with van der Waals surface area (Å²) in [7, 11) is 0. The number of hydrogen-bond donors (Lipinski definition) is 3. The molecular formula is C15H26N4OS. The van der Waals surface area contributed by atoms with Crippen molar-refractivity contribution < 1.29 is 4.79 Å². The van der Waals surface area contributed by atoms with Crippen molar-refractivity contribution in [2.24, 2.45) is 4.99 Å². The number of nitrogens with one attached hydrogen (secondary N) is 3. The first-order chi connectivity index (χ1) is 10.0. The van der Waals surface area contributed by atoms with Crippen LogP contribution >= 0.6 is 11.3 Å². The molecule has 1 aromatic heterocycles. The topological polar surface area (TPSA) is 65.5 Å². The molecule has 0 bridgehead atoms. The highest BCUT2D eigenvalue weighted by molar-refractivity contribution is 7.11. The maximum Gasteiger partial charge on any atom is 0.241 e. The predicted octanol–water partition coefficient (Wildman–Crippen LogP) is 1.68. The molecule has 0 saturated heterocycles. The molecule has 0 saturated carbocycles. The molecule has 0 aromatic carbocycles. The lowest BCUT2D eigenvalue weighted by Crippen LogP contribution is -2.43. The number of thiophene rings is 1.